The van der Waals surface area contributed by atoms with Crippen molar-refractivity contribution in [1.82, 2.24) is 9.88 Å². The Labute approximate surface area is 235 Å². The zero-order chi connectivity index (χ0) is 31.0. The largest absolute Gasteiger partial charge is 0.439 e. The molecule has 6 nitrogen and oxygen atoms in total. The normalized spacial score (nSPS) is 20.6. The van der Waals surface area contributed by atoms with Crippen molar-refractivity contribution in [3.05, 3.63) is 58.3 Å². The molecule has 232 valence electrons. The maximum atomic E-state index is 13.7. The number of cyclic esters (lactones) is 1. The summed E-state index contributed by atoms with van der Waals surface area (Å²) in [5.41, 5.74) is -4.77. The number of nitrogens with zero attached hydrogens (tertiary/aromatic N) is 3. The third kappa shape index (κ3) is 6.87. The van der Waals surface area contributed by atoms with Crippen LogP contribution in [-0.4, -0.2) is 47.8 Å². The summed E-state index contributed by atoms with van der Waals surface area (Å²) in [7, 11) is 0. The van der Waals surface area contributed by atoms with Gasteiger partial charge in [-0.15, -0.1) is 0 Å². The van der Waals surface area contributed by atoms with Crippen molar-refractivity contribution in [1.29, 1.82) is 0 Å². The standard InChI is InChI=1S/C27H28F9N3O3/c1-3-6-38(21-4-7-41-8-5-21)23-17(11-20(13-37-23)27(34,35)36)14-39-15(2)22(42-24(39)40)16-9-18(25(28,29)30)12-19(10-16)26(31,32)33/h9-13,15,21-22H,3-8,14H2,1-2H3/t15-,22-/m0/s1. The van der Waals surface area contributed by atoms with Crippen LogP contribution in [0.2, 0.25) is 0 Å². The third-order valence-electron chi connectivity index (χ3n) is 7.31. The number of pyridine rings is 1. The van der Waals surface area contributed by atoms with Crippen molar-refractivity contribution in [2.45, 2.75) is 76.4 Å². The molecule has 15 heteroatoms. The van der Waals surface area contributed by atoms with E-state index >= 15 is 0 Å². The van der Waals surface area contributed by atoms with E-state index in [9.17, 15) is 44.3 Å². The van der Waals surface area contributed by atoms with Gasteiger partial charge in [-0.1, -0.05) is 6.92 Å². The van der Waals surface area contributed by atoms with Gasteiger partial charge in [-0.25, -0.2) is 9.78 Å². The van der Waals surface area contributed by atoms with Gasteiger partial charge in [0.15, 0.2) is 0 Å². The van der Waals surface area contributed by atoms with Crippen LogP contribution in [0, 0.1) is 0 Å². The van der Waals surface area contributed by atoms with Crippen molar-refractivity contribution >= 4 is 11.9 Å². The lowest BCUT2D eigenvalue weighted by Crippen LogP contribution is -2.42. The van der Waals surface area contributed by atoms with E-state index < -0.39 is 65.6 Å². The molecular weight excluding hydrogens is 585 g/mol. The second-order valence-corrected chi connectivity index (χ2v) is 10.3. The Kier molecular flexibility index (Phi) is 8.91. The highest BCUT2D eigenvalue weighted by Gasteiger charge is 2.44. The highest BCUT2D eigenvalue weighted by atomic mass is 19.4. The first kappa shape index (κ1) is 31.7. The molecule has 3 heterocycles. The van der Waals surface area contributed by atoms with Crippen molar-refractivity contribution in [2.75, 3.05) is 24.7 Å². The maximum Gasteiger partial charge on any atom is 0.417 e. The summed E-state index contributed by atoms with van der Waals surface area (Å²) in [4.78, 5) is 19.9. The minimum atomic E-state index is -5.12. The zero-order valence-corrected chi connectivity index (χ0v) is 22.5. The van der Waals surface area contributed by atoms with Gasteiger partial charge in [0.1, 0.15) is 11.9 Å². The van der Waals surface area contributed by atoms with Gasteiger partial charge in [0.25, 0.3) is 0 Å². The third-order valence-corrected chi connectivity index (χ3v) is 7.31. The maximum absolute atomic E-state index is 13.7. The van der Waals surface area contributed by atoms with E-state index in [0.717, 1.165) is 11.0 Å². The number of rotatable bonds is 7. The van der Waals surface area contributed by atoms with Gasteiger partial charge in [0, 0.05) is 37.6 Å². The fourth-order valence-corrected chi connectivity index (χ4v) is 5.22. The number of alkyl halides is 9. The molecule has 1 aromatic carbocycles. The first-order valence-electron chi connectivity index (χ1n) is 13.2. The van der Waals surface area contributed by atoms with E-state index in [2.05, 4.69) is 4.98 Å². The minimum absolute atomic E-state index is 0.00856. The lowest BCUT2D eigenvalue weighted by atomic mass is 9.97. The number of carbonyl (C=O) groups is 1. The molecule has 0 saturated carbocycles. The second-order valence-electron chi connectivity index (χ2n) is 10.3. The van der Waals surface area contributed by atoms with E-state index in [0.29, 0.717) is 57.4 Å². The van der Waals surface area contributed by atoms with E-state index in [4.69, 9.17) is 9.47 Å². The average molecular weight is 614 g/mol. The Hall–Kier alpha value is -3.23. The first-order valence-corrected chi connectivity index (χ1v) is 13.2. The van der Waals surface area contributed by atoms with Gasteiger partial charge in [0.05, 0.1) is 29.3 Å². The predicted molar refractivity (Wildman–Crippen MR) is 131 cm³/mol. The summed E-state index contributed by atoms with van der Waals surface area (Å²) in [6, 6.07) is 0.512. The fraction of sp³-hybridized carbons (Fsp3) is 0.556. The molecule has 2 fully saturated rings. The van der Waals surface area contributed by atoms with Crippen molar-refractivity contribution < 1.29 is 53.8 Å². The molecule has 0 N–H and O–H groups in total. The van der Waals surface area contributed by atoms with Gasteiger partial charge >= 0.3 is 24.6 Å². The van der Waals surface area contributed by atoms with E-state index in [1.165, 1.54) is 6.92 Å². The summed E-state index contributed by atoms with van der Waals surface area (Å²) in [6.45, 7) is 4.06. The number of hydrogen-bond donors (Lipinski definition) is 0. The number of halogens is 9. The number of benzene rings is 1. The fourth-order valence-electron chi connectivity index (χ4n) is 5.22. The predicted octanol–water partition coefficient (Wildman–Crippen LogP) is 7.62. The van der Waals surface area contributed by atoms with Crippen molar-refractivity contribution in [3.63, 3.8) is 0 Å². The summed E-state index contributed by atoms with van der Waals surface area (Å²) in [6.07, 6.45) is -15.2. The molecule has 0 unspecified atom stereocenters. The van der Waals surface area contributed by atoms with Crippen LogP contribution in [0.1, 0.15) is 67.0 Å². The molecule has 0 radical (unpaired) electrons. The number of ether oxygens (including phenoxy) is 2. The number of aromatic nitrogens is 1. The Morgan fingerprint density at radius 3 is 2.00 bits per heavy atom. The molecular formula is C27H28F9N3O3. The zero-order valence-electron chi connectivity index (χ0n) is 22.5. The lowest BCUT2D eigenvalue weighted by molar-refractivity contribution is -0.143. The molecule has 4 rings (SSSR count). The highest BCUT2D eigenvalue weighted by molar-refractivity contribution is 5.71. The molecule has 2 aliphatic rings. The Bertz CT molecular complexity index is 1240. The Morgan fingerprint density at radius 2 is 1.48 bits per heavy atom. The van der Waals surface area contributed by atoms with E-state index in [1.807, 2.05) is 11.8 Å². The second kappa shape index (κ2) is 11.8. The van der Waals surface area contributed by atoms with E-state index in [-0.39, 0.29) is 23.5 Å². The van der Waals surface area contributed by atoms with E-state index in [1.54, 1.807) is 0 Å². The van der Waals surface area contributed by atoms with Gasteiger partial charge in [0.2, 0.25) is 0 Å². The topological polar surface area (TPSA) is 54.9 Å². The van der Waals surface area contributed by atoms with Gasteiger partial charge in [-0.05, 0) is 56.0 Å². The molecule has 0 spiro atoms. The van der Waals surface area contributed by atoms with Crippen LogP contribution >= 0.6 is 0 Å². The highest BCUT2D eigenvalue weighted by Crippen LogP contribution is 2.42. The Morgan fingerprint density at radius 1 is 0.905 bits per heavy atom. The quantitative estimate of drug-likeness (QED) is 0.301. The number of anilines is 1. The number of carbonyl (C=O) groups excluding carboxylic acids is 1. The monoisotopic (exact) mass is 613 g/mol. The van der Waals surface area contributed by atoms with Gasteiger partial charge in [-0.3, -0.25) is 4.90 Å². The lowest BCUT2D eigenvalue weighted by Gasteiger charge is -2.37. The molecule has 2 atom stereocenters. The molecule has 1 amide bonds. The van der Waals surface area contributed by atoms with Gasteiger partial charge in [-0.2, -0.15) is 39.5 Å². The molecule has 2 aliphatic heterocycles. The SMILES string of the molecule is CCCN(c1ncc(C(F)(F)F)cc1CN1C(=O)O[C@H](c2cc(C(F)(F)F)cc(C(F)(F)F)c2)[C@@H]1C)C1CCOCC1. The smallest absolute Gasteiger partial charge is 0.417 e. The number of hydrogen-bond acceptors (Lipinski definition) is 5. The molecule has 0 aliphatic carbocycles. The summed E-state index contributed by atoms with van der Waals surface area (Å²) in [5.74, 6) is 0.193. The van der Waals surface area contributed by atoms with Crippen molar-refractivity contribution in [3.8, 4) is 0 Å². The molecule has 2 aromatic rings. The van der Waals surface area contributed by atoms with Crippen LogP contribution in [0.3, 0.4) is 0 Å². The van der Waals surface area contributed by atoms with Crippen LogP contribution in [0.4, 0.5) is 50.1 Å². The first-order chi connectivity index (χ1) is 19.5. The summed E-state index contributed by atoms with van der Waals surface area (Å²) < 4.78 is 132. The molecule has 0 bridgehead atoms. The molecule has 2 saturated heterocycles. The molecule has 42 heavy (non-hydrogen) atoms. The average Bonchev–Trinajstić information content (AvgIpc) is 3.19. The molecule has 1 aromatic heterocycles. The Balaban J connectivity index is 1.72. The van der Waals surface area contributed by atoms with Crippen LogP contribution < -0.4 is 4.90 Å². The van der Waals surface area contributed by atoms with Crippen LogP contribution in [0.25, 0.3) is 0 Å². The van der Waals surface area contributed by atoms with Crippen LogP contribution in [0.5, 0.6) is 0 Å². The van der Waals surface area contributed by atoms with Crippen LogP contribution in [-0.2, 0) is 34.5 Å². The van der Waals surface area contributed by atoms with Crippen LogP contribution in [0.15, 0.2) is 30.5 Å². The van der Waals surface area contributed by atoms with Gasteiger partial charge < -0.3 is 14.4 Å². The number of amides is 1. The summed E-state index contributed by atoms with van der Waals surface area (Å²) >= 11 is 0. The minimum Gasteiger partial charge on any atom is -0.439 e. The van der Waals surface area contributed by atoms with Crippen molar-refractivity contribution in [2.24, 2.45) is 0 Å². The summed E-state index contributed by atoms with van der Waals surface area (Å²) in [5, 5.41) is 0.